The maximum atomic E-state index is 12.4. The Labute approximate surface area is 162 Å². The predicted molar refractivity (Wildman–Crippen MR) is 101 cm³/mol. The van der Waals surface area contributed by atoms with Crippen molar-refractivity contribution in [2.24, 2.45) is 0 Å². The van der Waals surface area contributed by atoms with E-state index in [0.717, 1.165) is 16.0 Å². The van der Waals surface area contributed by atoms with E-state index < -0.39 is 21.9 Å². The summed E-state index contributed by atoms with van der Waals surface area (Å²) >= 11 is 4.24. The Morgan fingerprint density at radius 2 is 1.30 bits per heavy atom. The van der Waals surface area contributed by atoms with Gasteiger partial charge in [-0.25, -0.2) is 0 Å². The highest BCUT2D eigenvalue weighted by atomic mass is 32.2. The van der Waals surface area contributed by atoms with Crippen molar-refractivity contribution in [2.45, 2.75) is 30.1 Å². The van der Waals surface area contributed by atoms with Crippen molar-refractivity contribution in [3.8, 4) is 0 Å². The molecule has 0 fully saturated rings. The van der Waals surface area contributed by atoms with Crippen LogP contribution in [0.25, 0.3) is 0 Å². The number of thiol groups is 1. The lowest BCUT2D eigenvalue weighted by atomic mass is 10.1. The summed E-state index contributed by atoms with van der Waals surface area (Å²) < 4.78 is 29.6. The molecule has 6 nitrogen and oxygen atoms in total. The Kier molecular flexibility index (Phi) is 5.23. The quantitative estimate of drug-likeness (QED) is 0.613. The van der Waals surface area contributed by atoms with Crippen LogP contribution in [0.1, 0.15) is 25.0 Å². The monoisotopic (exact) mass is 403 g/mol. The number of hydrogen-bond donors (Lipinski definition) is 1. The van der Waals surface area contributed by atoms with Gasteiger partial charge in [-0.1, -0.05) is 24.3 Å². The van der Waals surface area contributed by atoms with Gasteiger partial charge in [-0.2, -0.15) is 8.42 Å². The number of rotatable bonds is 5. The van der Waals surface area contributed by atoms with Crippen molar-refractivity contribution >= 4 is 34.6 Å². The largest absolute Gasteiger partial charge is 0.318 e. The topological polar surface area (TPSA) is 80.8 Å². The minimum Gasteiger partial charge on any atom is -0.267 e. The molecule has 0 aromatic heterocycles. The van der Waals surface area contributed by atoms with Crippen molar-refractivity contribution in [2.75, 3.05) is 0 Å². The normalized spacial score (nSPS) is 15.0. The lowest BCUT2D eigenvalue weighted by Crippen LogP contribution is -2.34. The summed E-state index contributed by atoms with van der Waals surface area (Å²) in [7, 11) is -4.30. The van der Waals surface area contributed by atoms with E-state index in [1.165, 1.54) is 26.0 Å². The molecule has 8 heteroatoms. The fraction of sp³-hybridized carbons (Fsp3) is 0.158. The molecule has 0 aliphatic carbocycles. The third-order valence-electron chi connectivity index (χ3n) is 4.30. The van der Waals surface area contributed by atoms with Gasteiger partial charge in [0.05, 0.1) is 4.90 Å². The zero-order valence-electron chi connectivity index (χ0n) is 14.7. The van der Waals surface area contributed by atoms with E-state index in [2.05, 4.69) is 12.6 Å². The van der Waals surface area contributed by atoms with Gasteiger partial charge in [0.15, 0.2) is 0 Å². The number of hydrogen-bond acceptors (Lipinski definition) is 6. The molecule has 2 amide bonds. The lowest BCUT2D eigenvalue weighted by Gasteiger charge is -2.14. The van der Waals surface area contributed by atoms with Crippen LogP contribution >= 0.6 is 12.6 Å². The second-order valence-electron chi connectivity index (χ2n) is 6.17. The zero-order chi connectivity index (χ0) is 19.8. The van der Waals surface area contributed by atoms with Crippen LogP contribution in [0.3, 0.4) is 0 Å². The molecule has 1 aliphatic heterocycles. The summed E-state index contributed by atoms with van der Waals surface area (Å²) in [5.41, 5.74) is 2.29. The second-order valence-corrected chi connectivity index (χ2v) is 8.22. The molecule has 1 aliphatic rings. The van der Waals surface area contributed by atoms with Gasteiger partial charge >= 0.3 is 10.1 Å². The molecule has 0 atom stereocenters. The van der Waals surface area contributed by atoms with Crippen molar-refractivity contribution in [1.82, 2.24) is 5.06 Å². The van der Waals surface area contributed by atoms with E-state index in [0.29, 0.717) is 6.42 Å². The van der Waals surface area contributed by atoms with E-state index in [1.807, 2.05) is 24.3 Å². The molecule has 3 rings (SSSR count). The maximum Gasteiger partial charge on any atom is 0.318 e. The zero-order valence-corrected chi connectivity index (χ0v) is 16.4. The van der Waals surface area contributed by atoms with Gasteiger partial charge in [0, 0.05) is 16.0 Å². The average molecular weight is 403 g/mol. The average Bonchev–Trinajstić information content (AvgIpc) is 2.82. The number of nitrogens with zero attached hydrogens (tertiary/aromatic N) is 1. The van der Waals surface area contributed by atoms with Crippen molar-refractivity contribution in [3.05, 3.63) is 70.8 Å². The van der Waals surface area contributed by atoms with Crippen LogP contribution in [0.4, 0.5) is 0 Å². The van der Waals surface area contributed by atoms with E-state index in [4.69, 9.17) is 4.28 Å². The summed E-state index contributed by atoms with van der Waals surface area (Å²) in [5.74, 6) is -1.55. The van der Waals surface area contributed by atoms with Gasteiger partial charge in [-0.15, -0.1) is 22.0 Å². The molecular weight excluding hydrogens is 386 g/mol. The molecule has 0 bridgehead atoms. The van der Waals surface area contributed by atoms with Crippen LogP contribution in [-0.4, -0.2) is 25.3 Å². The minimum absolute atomic E-state index is 0.139. The van der Waals surface area contributed by atoms with Crippen LogP contribution in [0, 0.1) is 0 Å². The van der Waals surface area contributed by atoms with Crippen LogP contribution in [0.2, 0.25) is 0 Å². The highest BCUT2D eigenvalue weighted by Gasteiger charge is 2.38. The Morgan fingerprint density at radius 3 is 1.78 bits per heavy atom. The molecule has 0 unspecified atom stereocenters. The summed E-state index contributed by atoms with van der Waals surface area (Å²) in [6.45, 7) is 2.89. The highest BCUT2D eigenvalue weighted by molar-refractivity contribution is 7.86. The van der Waals surface area contributed by atoms with Crippen LogP contribution in [0.15, 0.2) is 69.5 Å². The third kappa shape index (κ3) is 3.97. The third-order valence-corrected chi connectivity index (χ3v) is 5.80. The summed E-state index contributed by atoms with van der Waals surface area (Å²) in [4.78, 5) is 24.7. The van der Waals surface area contributed by atoms with Crippen LogP contribution < -0.4 is 0 Å². The second kappa shape index (κ2) is 7.30. The van der Waals surface area contributed by atoms with Crippen LogP contribution in [-0.2, 0) is 30.4 Å². The summed E-state index contributed by atoms with van der Waals surface area (Å²) in [6, 6.07) is 13.7. The number of benzene rings is 2. The first-order valence-electron chi connectivity index (χ1n) is 8.07. The molecule has 0 radical (unpaired) electrons. The first kappa shape index (κ1) is 19.3. The molecule has 0 saturated carbocycles. The number of imide groups is 1. The molecule has 27 heavy (non-hydrogen) atoms. The van der Waals surface area contributed by atoms with Crippen molar-refractivity contribution in [3.63, 3.8) is 0 Å². The molecule has 2 aromatic rings. The minimum atomic E-state index is -4.30. The summed E-state index contributed by atoms with van der Waals surface area (Å²) in [5, 5.41) is 0.285. The van der Waals surface area contributed by atoms with Gasteiger partial charge in [0.1, 0.15) is 0 Å². The molecule has 0 saturated heterocycles. The number of hydroxylamine groups is 2. The molecule has 0 spiro atoms. The van der Waals surface area contributed by atoms with E-state index in [1.54, 1.807) is 12.1 Å². The van der Waals surface area contributed by atoms with Gasteiger partial charge < -0.3 is 0 Å². The standard InChI is InChI=1S/C19H17NO5S2/c1-12-13(2)19(22)20(18(12)21)25-27(23,24)17-9-5-15(6-10-17)11-14-3-7-16(26)8-4-14/h3-10,26H,11H2,1-2H3. The molecule has 0 N–H and O–H groups in total. The highest BCUT2D eigenvalue weighted by Crippen LogP contribution is 2.24. The van der Waals surface area contributed by atoms with E-state index in [-0.39, 0.29) is 21.1 Å². The SMILES string of the molecule is CC1=C(C)C(=O)N(OS(=O)(=O)c2ccc(Cc3ccc(S)cc3)cc2)C1=O. The van der Waals surface area contributed by atoms with Gasteiger partial charge in [-0.05, 0) is 55.7 Å². The Morgan fingerprint density at radius 1 is 0.852 bits per heavy atom. The Bertz CT molecular complexity index is 1010. The van der Waals surface area contributed by atoms with Gasteiger partial charge in [-0.3, -0.25) is 9.59 Å². The maximum absolute atomic E-state index is 12.4. The lowest BCUT2D eigenvalue weighted by molar-refractivity contribution is -0.162. The van der Waals surface area contributed by atoms with Crippen molar-refractivity contribution in [1.29, 1.82) is 0 Å². The van der Waals surface area contributed by atoms with Gasteiger partial charge in [0.25, 0.3) is 11.8 Å². The molecule has 2 aromatic carbocycles. The molecule has 1 heterocycles. The fourth-order valence-electron chi connectivity index (χ4n) is 2.55. The van der Waals surface area contributed by atoms with Crippen molar-refractivity contribution < 1.29 is 22.3 Å². The number of carbonyl (C=O) groups is 2. The summed E-state index contributed by atoms with van der Waals surface area (Å²) in [6.07, 6.45) is 0.626. The van der Waals surface area contributed by atoms with E-state index in [9.17, 15) is 18.0 Å². The Hall–Kier alpha value is -2.42. The smallest absolute Gasteiger partial charge is 0.267 e. The van der Waals surface area contributed by atoms with Gasteiger partial charge in [0.2, 0.25) is 0 Å². The first-order valence-corrected chi connectivity index (χ1v) is 9.92. The Balaban J connectivity index is 1.75. The molecule has 140 valence electrons. The molecular formula is C19H17NO5S2. The first-order chi connectivity index (χ1) is 12.7. The number of amides is 2. The van der Waals surface area contributed by atoms with Crippen LogP contribution in [0.5, 0.6) is 0 Å². The number of carbonyl (C=O) groups excluding carboxylic acids is 2. The fourth-order valence-corrected chi connectivity index (χ4v) is 3.59. The van der Waals surface area contributed by atoms with E-state index >= 15 is 0 Å². The predicted octanol–water partition coefficient (Wildman–Crippen LogP) is 2.89.